The van der Waals surface area contributed by atoms with E-state index in [2.05, 4.69) is 37.8 Å². The van der Waals surface area contributed by atoms with Crippen LogP contribution in [-0.4, -0.2) is 129 Å². The maximum absolute atomic E-state index is 14.2. The van der Waals surface area contributed by atoms with Crippen molar-refractivity contribution in [3.8, 4) is 42.8 Å². The van der Waals surface area contributed by atoms with Gasteiger partial charge in [-0.3, -0.25) is 23.5 Å². The van der Waals surface area contributed by atoms with Crippen LogP contribution in [0.1, 0.15) is 37.9 Å². The SMILES string of the molecule is C#C[C@]1(CO)O[C@@H](n2cc(F)c(-n3cncn3)nc2=O)CC1O.C#C[C@]1(CO)O[C@@H](n2cc(F)c(=O)[nH]c2=O)CC1O.C#C[C@]1(CO)O[C@@H](n2cc(F)c(N)nc2=O)CC1O.[Ac].[Ac].[Ac].[Ac]. The van der Waals surface area contributed by atoms with Gasteiger partial charge in [0.2, 0.25) is 5.82 Å². The number of nitrogens with two attached hydrogens (primary N) is 1. The Kier molecular flexibility index (Phi) is 25.4. The molecule has 7 rings (SSSR count). The molecule has 0 bridgehead atoms. The summed E-state index contributed by atoms with van der Waals surface area (Å²) in [5.41, 5.74) is -3.42. The summed E-state index contributed by atoms with van der Waals surface area (Å²) in [5.74, 6) is 2.71. The van der Waals surface area contributed by atoms with Crippen molar-refractivity contribution < 1.29 is 234 Å². The van der Waals surface area contributed by atoms with Gasteiger partial charge in [0, 0.05) is 196 Å². The maximum atomic E-state index is 14.2. The van der Waals surface area contributed by atoms with Crippen molar-refractivity contribution in [2.75, 3.05) is 25.6 Å². The Labute approximate surface area is 507 Å². The number of aliphatic hydroxyl groups is 6. The fourth-order valence-corrected chi connectivity index (χ4v) is 6.18. The molecule has 23 nitrogen and oxygen atoms in total. The van der Waals surface area contributed by atoms with Crippen molar-refractivity contribution >= 4 is 5.82 Å². The molecule has 4 aromatic heterocycles. The molecular weight excluding hydrogens is 1730 g/mol. The van der Waals surface area contributed by atoms with E-state index in [1.54, 1.807) is 4.98 Å². The number of H-pyrrole nitrogens is 1. The Morgan fingerprint density at radius 1 is 0.692 bits per heavy atom. The van der Waals surface area contributed by atoms with Gasteiger partial charge in [-0.1, -0.05) is 17.8 Å². The second-order valence-electron chi connectivity index (χ2n) is 13.3. The summed E-state index contributed by atoms with van der Waals surface area (Å²) in [6, 6.07) is 0. The molecular formula is C35H35Ac4F3N10O13. The van der Waals surface area contributed by atoms with Gasteiger partial charge in [-0.05, 0) is 0 Å². The first-order valence-electron chi connectivity index (χ1n) is 17.4. The number of aromatic amines is 1. The van der Waals surface area contributed by atoms with E-state index in [-0.39, 0.29) is 201 Å². The van der Waals surface area contributed by atoms with E-state index in [4.69, 9.17) is 39.2 Å². The number of nitrogen functional groups attached to an aromatic ring is 1. The largest absolute Gasteiger partial charge is 0.392 e. The van der Waals surface area contributed by atoms with E-state index in [1.165, 1.54) is 12.7 Å². The molecule has 65 heavy (non-hydrogen) atoms. The molecule has 3 aliphatic heterocycles. The van der Waals surface area contributed by atoms with Gasteiger partial charge >= 0.3 is 17.1 Å². The number of halogens is 3. The van der Waals surface area contributed by atoms with Gasteiger partial charge in [-0.2, -0.15) is 24.1 Å². The van der Waals surface area contributed by atoms with Crippen molar-refractivity contribution in [3.05, 3.63) is 90.5 Å². The van der Waals surface area contributed by atoms with Gasteiger partial charge in [-0.25, -0.2) is 28.1 Å². The molecule has 3 aliphatic rings. The fraction of sp³-hybridized carbons (Fsp3) is 0.429. The number of aromatic nitrogens is 9. The normalized spacial score (nSPS) is 27.2. The van der Waals surface area contributed by atoms with Crippen LogP contribution in [-0.2, 0) is 14.2 Å². The van der Waals surface area contributed by atoms with E-state index in [1.807, 2.05) is 0 Å². The summed E-state index contributed by atoms with van der Waals surface area (Å²) in [5, 5.41) is 60.9. The van der Waals surface area contributed by atoms with Crippen LogP contribution in [0.2, 0.25) is 0 Å². The zero-order valence-corrected chi connectivity index (χ0v) is 52.4. The van der Waals surface area contributed by atoms with E-state index < -0.39 is 120 Å². The van der Waals surface area contributed by atoms with E-state index in [0.29, 0.717) is 6.20 Å². The second kappa shape index (κ2) is 26.5. The summed E-state index contributed by atoms with van der Waals surface area (Å²) < 4.78 is 60.1. The second-order valence-corrected chi connectivity index (χ2v) is 13.3. The van der Waals surface area contributed by atoms with E-state index in [0.717, 1.165) is 30.8 Å². The number of ether oxygens (including phenoxy) is 3. The monoisotopic (exact) mass is 1770 g/mol. The Hall–Kier alpha value is -0.744. The summed E-state index contributed by atoms with van der Waals surface area (Å²) in [6.07, 6.45) is 13.4. The topological polar surface area (TPSA) is 330 Å². The Bertz CT molecular complexity index is 2640. The molecule has 336 valence electrons. The molecule has 30 heteroatoms. The number of aliphatic hydroxyl groups excluding tert-OH is 6. The average molecular weight is 1770 g/mol. The smallest absolute Gasteiger partial charge is 0.351 e. The van der Waals surface area contributed by atoms with Crippen LogP contribution >= 0.6 is 0 Å². The minimum atomic E-state index is -1.64. The fourth-order valence-electron chi connectivity index (χ4n) is 6.18. The number of terminal acetylenes is 3. The predicted molar refractivity (Wildman–Crippen MR) is 196 cm³/mol. The average Bonchev–Trinajstić information content (AvgIpc) is 4.04. The molecule has 3 fully saturated rings. The molecule has 7 heterocycles. The Morgan fingerprint density at radius 2 is 1.09 bits per heavy atom. The third-order valence-corrected chi connectivity index (χ3v) is 9.68. The van der Waals surface area contributed by atoms with Crippen LogP contribution < -0.4 is 28.4 Å². The van der Waals surface area contributed by atoms with Gasteiger partial charge in [0.15, 0.2) is 40.1 Å². The molecule has 0 spiro atoms. The third kappa shape index (κ3) is 13.4. The van der Waals surface area contributed by atoms with Crippen molar-refractivity contribution in [2.45, 2.75) is 73.1 Å². The van der Waals surface area contributed by atoms with Crippen LogP contribution in [0.25, 0.3) is 5.82 Å². The maximum Gasteiger partial charge on any atom is 0.351 e. The Morgan fingerprint density at radius 3 is 1.48 bits per heavy atom. The van der Waals surface area contributed by atoms with E-state index in [9.17, 15) is 63.0 Å². The van der Waals surface area contributed by atoms with Crippen molar-refractivity contribution in [2.24, 2.45) is 0 Å². The molecule has 0 amide bonds. The quantitative estimate of drug-likeness (QED) is 0.0809. The molecule has 9 atom stereocenters. The predicted octanol–water partition coefficient (Wildman–Crippen LogP) is -4.46. The summed E-state index contributed by atoms with van der Waals surface area (Å²) >= 11 is 0. The molecule has 3 unspecified atom stereocenters. The van der Waals surface area contributed by atoms with Gasteiger partial charge in [-0.15, -0.1) is 19.3 Å². The molecule has 4 aromatic rings. The van der Waals surface area contributed by atoms with E-state index >= 15 is 0 Å². The standard InChI is InChI=1S/C13H12FN5O4.C11H12FN3O4.C11H11FN2O5.4Ac/c1-2-13(5-20)9(21)3-10(23-13)18-4-8(14)11(17-12(18)22)19-7-15-6-16-19;1-2-11(5-16)7(17)3-8(19-11)15-4-6(12)9(13)14-10(15)18;1-2-11(5-15)7(16)3-8(19-11)14-4-6(12)9(17)13-10(14)18;;;;/h1,4,6-7,9-10,20-21H,3,5H2;1,4,7-8,16-17H,3,5H2,(H2,13,14,18);1,4,7-8,15-16H,3,5H2,(H,13,17,18);;;;/t9?,10-,13-;2*7?,8-,11-;;;;/m111..../s1. The summed E-state index contributed by atoms with van der Waals surface area (Å²) in [6.45, 7) is -1.91. The van der Waals surface area contributed by atoms with Gasteiger partial charge < -0.3 is 50.6 Å². The summed E-state index contributed by atoms with van der Waals surface area (Å²) in [7, 11) is 0. The van der Waals surface area contributed by atoms with Gasteiger partial charge in [0.1, 0.15) is 49.7 Å². The number of hydrogen-bond acceptors (Lipinski definition) is 18. The molecule has 4 radical (unpaired) electrons. The molecule has 0 saturated carbocycles. The zero-order chi connectivity index (χ0) is 45.0. The number of rotatable bonds is 7. The Balaban J connectivity index is 0.000000476. The minimum Gasteiger partial charge on any atom is -0.392 e. The van der Waals surface area contributed by atoms with Crippen LogP contribution in [0.3, 0.4) is 0 Å². The van der Waals surface area contributed by atoms with Crippen LogP contribution in [0, 0.1) is 231 Å². The minimum absolute atomic E-state index is 0. The van der Waals surface area contributed by atoms with Crippen molar-refractivity contribution in [1.82, 2.24) is 43.4 Å². The first-order valence-corrected chi connectivity index (χ1v) is 17.4. The van der Waals surface area contributed by atoms with Crippen LogP contribution in [0.5, 0.6) is 0 Å². The van der Waals surface area contributed by atoms with Gasteiger partial charge in [0.25, 0.3) is 5.56 Å². The molecule has 0 aromatic carbocycles. The number of anilines is 1. The first kappa shape index (κ1) is 62.3. The zero-order valence-electron chi connectivity index (χ0n) is 33.5. The first-order chi connectivity index (χ1) is 28.9. The van der Waals surface area contributed by atoms with Crippen molar-refractivity contribution in [1.29, 1.82) is 0 Å². The molecule has 0 aliphatic carbocycles. The van der Waals surface area contributed by atoms with Crippen LogP contribution in [0.4, 0.5) is 19.0 Å². The third-order valence-electron chi connectivity index (χ3n) is 9.68. The van der Waals surface area contributed by atoms with Crippen molar-refractivity contribution in [3.63, 3.8) is 0 Å². The van der Waals surface area contributed by atoms with Crippen LogP contribution in [0.15, 0.2) is 50.4 Å². The number of nitrogens with one attached hydrogen (secondary N) is 1. The summed E-state index contributed by atoms with van der Waals surface area (Å²) in [4.78, 5) is 58.5. The number of hydrogen-bond donors (Lipinski definition) is 8. The molecule has 3 saturated heterocycles. The number of nitrogens with zero attached hydrogens (tertiary/aromatic N) is 8. The van der Waals surface area contributed by atoms with Gasteiger partial charge in [0.05, 0.1) is 38.4 Å². The molecule has 9 N–H and O–H groups in total.